The maximum atomic E-state index is 10.3. The Morgan fingerprint density at radius 3 is 2.35 bits per heavy atom. The highest BCUT2D eigenvalue weighted by Gasteiger charge is 2.23. The van der Waals surface area contributed by atoms with Crippen LogP contribution < -0.4 is 0 Å². The lowest BCUT2D eigenvalue weighted by molar-refractivity contribution is 0.0431. The highest BCUT2D eigenvalue weighted by molar-refractivity contribution is 5.33. The second kappa shape index (κ2) is 5.23. The molecular formula is C14H22O3. The molecule has 1 atom stereocenters. The average Bonchev–Trinajstić information content (AvgIpc) is 2.54. The van der Waals surface area contributed by atoms with Crippen molar-refractivity contribution in [2.45, 2.75) is 46.1 Å². The zero-order chi connectivity index (χ0) is 12.4. The maximum Gasteiger partial charge on any atom is 0.107 e. The van der Waals surface area contributed by atoms with Crippen molar-refractivity contribution in [3.05, 3.63) is 22.6 Å². The number of aryl methyl sites for hydroxylation is 2. The fourth-order valence-electron chi connectivity index (χ4n) is 2.72. The molecule has 0 radical (unpaired) electrons. The first-order chi connectivity index (χ1) is 8.09. The second-order valence-corrected chi connectivity index (χ2v) is 5.06. The Labute approximate surface area is 103 Å². The van der Waals surface area contributed by atoms with E-state index < -0.39 is 6.10 Å². The van der Waals surface area contributed by atoms with Crippen molar-refractivity contribution in [1.29, 1.82) is 0 Å². The van der Waals surface area contributed by atoms with E-state index >= 15 is 0 Å². The predicted molar refractivity (Wildman–Crippen MR) is 66.0 cm³/mol. The fourth-order valence-corrected chi connectivity index (χ4v) is 2.72. The zero-order valence-electron chi connectivity index (χ0n) is 11.0. The summed E-state index contributed by atoms with van der Waals surface area (Å²) in [6, 6.07) is 0. The van der Waals surface area contributed by atoms with Gasteiger partial charge in [0.2, 0.25) is 0 Å². The zero-order valence-corrected chi connectivity index (χ0v) is 11.0. The molecule has 1 aliphatic rings. The highest BCUT2D eigenvalue weighted by atomic mass is 16.5. The van der Waals surface area contributed by atoms with Gasteiger partial charge in [0, 0.05) is 18.8 Å². The van der Waals surface area contributed by atoms with E-state index in [-0.39, 0.29) is 0 Å². The summed E-state index contributed by atoms with van der Waals surface area (Å²) in [4.78, 5) is 0. The molecule has 0 aromatic carbocycles. The predicted octanol–water partition coefficient (Wildman–Crippen LogP) is 3.05. The summed E-state index contributed by atoms with van der Waals surface area (Å²) in [5.74, 6) is 2.36. The molecule has 0 saturated carbocycles. The molecule has 3 nitrogen and oxygen atoms in total. The Morgan fingerprint density at radius 2 is 1.82 bits per heavy atom. The van der Waals surface area contributed by atoms with E-state index in [0.29, 0.717) is 5.92 Å². The first-order valence-electron chi connectivity index (χ1n) is 6.42. The molecule has 0 spiro atoms. The van der Waals surface area contributed by atoms with Crippen molar-refractivity contribution in [3.63, 3.8) is 0 Å². The summed E-state index contributed by atoms with van der Waals surface area (Å²) >= 11 is 0. The van der Waals surface area contributed by atoms with E-state index in [4.69, 9.17) is 9.15 Å². The van der Waals surface area contributed by atoms with Gasteiger partial charge in [-0.15, -0.1) is 0 Å². The molecule has 1 N–H and O–H groups in total. The van der Waals surface area contributed by atoms with Gasteiger partial charge >= 0.3 is 0 Å². The fraction of sp³-hybridized carbons (Fsp3) is 0.714. The van der Waals surface area contributed by atoms with Gasteiger partial charge < -0.3 is 14.3 Å². The van der Waals surface area contributed by atoms with E-state index in [2.05, 4.69) is 0 Å². The third kappa shape index (κ3) is 2.72. The lowest BCUT2D eigenvalue weighted by atomic mass is 9.90. The van der Waals surface area contributed by atoms with Crippen LogP contribution >= 0.6 is 0 Å². The van der Waals surface area contributed by atoms with Crippen LogP contribution in [-0.2, 0) is 4.74 Å². The average molecular weight is 238 g/mol. The molecule has 0 bridgehead atoms. The summed E-state index contributed by atoms with van der Waals surface area (Å²) in [6.07, 6.45) is 2.55. The summed E-state index contributed by atoms with van der Waals surface area (Å²) in [5, 5.41) is 10.3. The monoisotopic (exact) mass is 238 g/mol. The summed E-state index contributed by atoms with van der Waals surface area (Å²) in [7, 11) is 0. The normalized spacial score (nSPS) is 19.5. The second-order valence-electron chi connectivity index (χ2n) is 5.06. The maximum absolute atomic E-state index is 10.3. The Bertz CT molecular complexity index is 375. The molecule has 1 fully saturated rings. The van der Waals surface area contributed by atoms with Crippen LogP contribution in [0.3, 0.4) is 0 Å². The Balaban J connectivity index is 2.05. The number of ether oxygens (including phenoxy) is 1. The van der Waals surface area contributed by atoms with Crippen LogP contribution in [0.4, 0.5) is 0 Å². The minimum atomic E-state index is -0.393. The first kappa shape index (κ1) is 12.7. The van der Waals surface area contributed by atoms with Crippen LogP contribution in [0, 0.1) is 26.7 Å². The van der Waals surface area contributed by atoms with Gasteiger partial charge in [-0.25, -0.2) is 0 Å². The van der Waals surface area contributed by atoms with Crippen LogP contribution in [0.1, 0.15) is 48.0 Å². The van der Waals surface area contributed by atoms with Crippen molar-refractivity contribution in [1.82, 2.24) is 0 Å². The Kier molecular flexibility index (Phi) is 3.89. The van der Waals surface area contributed by atoms with E-state index in [9.17, 15) is 5.11 Å². The van der Waals surface area contributed by atoms with Crippen LogP contribution in [0.15, 0.2) is 4.42 Å². The van der Waals surface area contributed by atoms with Gasteiger partial charge in [-0.1, -0.05) is 0 Å². The number of aliphatic hydroxyl groups excluding tert-OH is 1. The number of aliphatic hydroxyl groups is 1. The minimum Gasteiger partial charge on any atom is -0.466 e. The largest absolute Gasteiger partial charge is 0.466 e. The van der Waals surface area contributed by atoms with Crippen LogP contribution in [-0.4, -0.2) is 18.3 Å². The summed E-state index contributed by atoms with van der Waals surface area (Å²) in [6.45, 7) is 7.57. The molecular weight excluding hydrogens is 216 g/mol. The molecule has 2 heterocycles. The third-order valence-electron chi connectivity index (χ3n) is 3.85. The number of furan rings is 1. The van der Waals surface area contributed by atoms with Gasteiger partial charge in [0.05, 0.1) is 6.10 Å². The molecule has 2 rings (SSSR count). The molecule has 1 aliphatic heterocycles. The van der Waals surface area contributed by atoms with Crippen LogP contribution in [0.2, 0.25) is 0 Å². The summed E-state index contributed by atoms with van der Waals surface area (Å²) in [5.41, 5.74) is 2.09. The lowest BCUT2D eigenvalue weighted by Gasteiger charge is -2.24. The Hall–Kier alpha value is -0.800. The third-order valence-corrected chi connectivity index (χ3v) is 3.85. The van der Waals surface area contributed by atoms with Gasteiger partial charge in [0.25, 0.3) is 0 Å². The molecule has 3 heteroatoms. The van der Waals surface area contributed by atoms with E-state index in [0.717, 1.165) is 55.1 Å². The topological polar surface area (TPSA) is 42.6 Å². The smallest absolute Gasteiger partial charge is 0.107 e. The highest BCUT2D eigenvalue weighted by Crippen LogP contribution is 2.33. The molecule has 0 aliphatic carbocycles. The van der Waals surface area contributed by atoms with Crippen LogP contribution in [0.5, 0.6) is 0 Å². The molecule has 1 saturated heterocycles. The molecule has 0 amide bonds. The van der Waals surface area contributed by atoms with Gasteiger partial charge in [0.1, 0.15) is 11.5 Å². The van der Waals surface area contributed by atoms with E-state index in [1.165, 1.54) is 0 Å². The quantitative estimate of drug-likeness (QED) is 0.880. The van der Waals surface area contributed by atoms with Crippen LogP contribution in [0.25, 0.3) is 0 Å². The molecule has 1 unspecified atom stereocenters. The molecule has 17 heavy (non-hydrogen) atoms. The first-order valence-corrected chi connectivity index (χ1v) is 6.42. The SMILES string of the molecule is Cc1oc(C)c(C(O)CC2CCOCC2)c1C. The Morgan fingerprint density at radius 1 is 1.18 bits per heavy atom. The van der Waals surface area contributed by atoms with Crippen molar-refractivity contribution in [3.8, 4) is 0 Å². The van der Waals surface area contributed by atoms with Gasteiger partial charge in [0.15, 0.2) is 0 Å². The van der Waals surface area contributed by atoms with Crippen molar-refractivity contribution < 1.29 is 14.3 Å². The number of rotatable bonds is 3. The lowest BCUT2D eigenvalue weighted by Crippen LogP contribution is -2.18. The standard InChI is InChI=1S/C14H22O3/c1-9-10(2)17-11(3)14(9)13(15)8-12-4-6-16-7-5-12/h12-13,15H,4-8H2,1-3H3. The van der Waals surface area contributed by atoms with Crippen molar-refractivity contribution >= 4 is 0 Å². The molecule has 96 valence electrons. The molecule has 1 aromatic heterocycles. The van der Waals surface area contributed by atoms with Crippen molar-refractivity contribution in [2.75, 3.05) is 13.2 Å². The molecule has 1 aromatic rings. The van der Waals surface area contributed by atoms with Gasteiger partial charge in [-0.3, -0.25) is 0 Å². The van der Waals surface area contributed by atoms with Gasteiger partial charge in [-0.05, 0) is 51.5 Å². The van der Waals surface area contributed by atoms with Crippen molar-refractivity contribution in [2.24, 2.45) is 5.92 Å². The summed E-state index contributed by atoms with van der Waals surface area (Å²) < 4.78 is 10.9. The van der Waals surface area contributed by atoms with E-state index in [1.54, 1.807) is 0 Å². The number of hydrogen-bond donors (Lipinski definition) is 1. The number of hydrogen-bond acceptors (Lipinski definition) is 3. The minimum absolute atomic E-state index is 0.393. The van der Waals surface area contributed by atoms with Gasteiger partial charge in [-0.2, -0.15) is 0 Å². The van der Waals surface area contributed by atoms with E-state index in [1.807, 2.05) is 20.8 Å².